The van der Waals surface area contributed by atoms with Crippen LogP contribution in [0.3, 0.4) is 0 Å². The number of anilines is 3. The van der Waals surface area contributed by atoms with Crippen LogP contribution in [0.4, 0.5) is 16.8 Å². The molecule has 1 saturated carbocycles. The number of amides is 1. The van der Waals surface area contributed by atoms with Crippen LogP contribution in [0.5, 0.6) is 5.88 Å². The zero-order valence-corrected chi connectivity index (χ0v) is 21.0. The third kappa shape index (κ3) is 4.49. The van der Waals surface area contributed by atoms with Gasteiger partial charge in [-0.3, -0.25) is 9.36 Å². The number of aryl methyl sites for hydroxylation is 2. The number of aromatic nitrogens is 5. The highest BCUT2D eigenvalue weighted by atomic mass is 32.1. The Morgan fingerprint density at radius 3 is 2.83 bits per heavy atom. The van der Waals surface area contributed by atoms with Crippen molar-refractivity contribution in [3.8, 4) is 5.88 Å². The molecule has 3 atom stereocenters. The average molecular weight is 500 g/mol. The van der Waals surface area contributed by atoms with Crippen molar-refractivity contribution in [3.05, 3.63) is 28.4 Å². The first kappa shape index (κ1) is 23.3. The fourth-order valence-corrected chi connectivity index (χ4v) is 5.81. The van der Waals surface area contributed by atoms with E-state index in [2.05, 4.69) is 32.9 Å². The second-order valence-electron chi connectivity index (χ2n) is 9.02. The molecule has 0 bridgehead atoms. The van der Waals surface area contributed by atoms with Gasteiger partial charge in [0.2, 0.25) is 17.7 Å². The lowest BCUT2D eigenvalue weighted by Gasteiger charge is -2.25. The first-order valence-corrected chi connectivity index (χ1v) is 12.6. The van der Waals surface area contributed by atoms with Crippen LogP contribution in [0.25, 0.3) is 0 Å². The minimum Gasteiger partial charge on any atom is -0.480 e. The van der Waals surface area contributed by atoms with Gasteiger partial charge in [-0.05, 0) is 44.1 Å². The Morgan fingerprint density at radius 2 is 2.14 bits per heavy atom. The highest BCUT2D eigenvalue weighted by Gasteiger charge is 2.40. The maximum Gasteiger partial charge on any atom is 0.341 e. The van der Waals surface area contributed by atoms with E-state index in [0.29, 0.717) is 34.7 Å². The lowest BCUT2D eigenvalue weighted by atomic mass is 9.91. The molecule has 11 nitrogen and oxygen atoms in total. The fraction of sp³-hybridized carbons (Fsp3) is 0.522. The van der Waals surface area contributed by atoms with E-state index in [9.17, 15) is 9.59 Å². The zero-order chi connectivity index (χ0) is 24.7. The molecule has 1 amide bonds. The molecule has 3 aromatic rings. The SMILES string of the molecule is CCOC(=O)c1c(NC(=O)[C@H]2C[C@@H]2C)sc2c1C[C@@H](n1cnnc1Nc1cc(OC)nn1C)CC2. The minimum atomic E-state index is -0.395. The van der Waals surface area contributed by atoms with Gasteiger partial charge in [-0.15, -0.1) is 26.6 Å². The molecule has 0 unspecified atom stereocenters. The van der Waals surface area contributed by atoms with Crippen LogP contribution in [-0.2, 0) is 29.4 Å². The van der Waals surface area contributed by atoms with Gasteiger partial charge < -0.3 is 20.1 Å². The van der Waals surface area contributed by atoms with E-state index in [1.54, 1.807) is 31.1 Å². The number of carbonyl (C=O) groups excluding carboxylic acids is 2. The van der Waals surface area contributed by atoms with E-state index >= 15 is 0 Å². The van der Waals surface area contributed by atoms with Gasteiger partial charge in [0, 0.05) is 30.0 Å². The standard InChI is InChI=1S/C23H29N7O4S/c1-5-34-22(32)19-15-9-13(6-7-16(15)35-21(19)26-20(31)14-8-12(14)2)30-11-24-27-23(30)25-17-10-18(33-4)28-29(17)3/h10-14H,5-9H2,1-4H3,(H,25,27)(H,26,31)/t12-,13-,14-/m0/s1. The first-order valence-electron chi connectivity index (χ1n) is 11.8. The summed E-state index contributed by atoms with van der Waals surface area (Å²) in [6, 6.07) is 1.82. The van der Waals surface area contributed by atoms with Crippen LogP contribution < -0.4 is 15.4 Å². The summed E-state index contributed by atoms with van der Waals surface area (Å²) < 4.78 is 14.2. The Balaban J connectivity index is 1.41. The number of esters is 1. The average Bonchev–Trinajstić information content (AvgIpc) is 3.15. The molecule has 0 radical (unpaired) electrons. The van der Waals surface area contributed by atoms with Crippen LogP contribution in [0.15, 0.2) is 12.4 Å². The number of nitrogens with zero attached hydrogens (tertiary/aromatic N) is 5. The monoisotopic (exact) mass is 499 g/mol. The van der Waals surface area contributed by atoms with Gasteiger partial charge in [-0.2, -0.15) is 0 Å². The summed E-state index contributed by atoms with van der Waals surface area (Å²) in [5, 5.41) is 19.5. The van der Waals surface area contributed by atoms with E-state index in [-0.39, 0.29) is 24.5 Å². The van der Waals surface area contributed by atoms with Gasteiger partial charge in [0.15, 0.2) is 0 Å². The van der Waals surface area contributed by atoms with Crippen molar-refractivity contribution >= 4 is 40.0 Å². The van der Waals surface area contributed by atoms with Gasteiger partial charge >= 0.3 is 5.97 Å². The van der Waals surface area contributed by atoms with E-state index < -0.39 is 5.97 Å². The lowest BCUT2D eigenvalue weighted by Crippen LogP contribution is -2.21. The zero-order valence-electron chi connectivity index (χ0n) is 20.2. The topological polar surface area (TPSA) is 125 Å². The summed E-state index contributed by atoms with van der Waals surface area (Å²) in [4.78, 5) is 26.7. The Bertz CT molecular complexity index is 1260. The number of hydrogen-bond acceptors (Lipinski definition) is 9. The van der Waals surface area contributed by atoms with Crippen LogP contribution in [0.1, 0.15) is 53.5 Å². The molecule has 3 heterocycles. The second kappa shape index (κ2) is 9.33. The van der Waals surface area contributed by atoms with Gasteiger partial charge in [0.25, 0.3) is 0 Å². The number of hydrogen-bond donors (Lipinski definition) is 2. The molecule has 2 aliphatic carbocycles. The predicted octanol–water partition coefficient (Wildman–Crippen LogP) is 3.33. The number of carbonyl (C=O) groups is 2. The molecule has 3 aromatic heterocycles. The Hall–Kier alpha value is -3.41. The number of nitrogens with one attached hydrogen (secondary N) is 2. The largest absolute Gasteiger partial charge is 0.480 e. The molecule has 186 valence electrons. The van der Waals surface area contributed by atoms with Gasteiger partial charge in [0.1, 0.15) is 17.1 Å². The van der Waals surface area contributed by atoms with E-state index in [1.807, 2.05) is 11.6 Å². The molecule has 35 heavy (non-hydrogen) atoms. The van der Waals surface area contributed by atoms with Crippen molar-refractivity contribution in [1.82, 2.24) is 24.5 Å². The molecular weight excluding hydrogens is 470 g/mol. The molecule has 5 rings (SSSR count). The van der Waals surface area contributed by atoms with Crippen molar-refractivity contribution in [2.24, 2.45) is 18.9 Å². The van der Waals surface area contributed by atoms with Crippen molar-refractivity contribution in [2.75, 3.05) is 24.4 Å². The molecule has 1 fully saturated rings. The Kier molecular flexibility index (Phi) is 6.22. The van der Waals surface area contributed by atoms with Crippen LogP contribution in [0.2, 0.25) is 0 Å². The lowest BCUT2D eigenvalue weighted by molar-refractivity contribution is -0.117. The number of thiophene rings is 1. The minimum absolute atomic E-state index is 0.0184. The smallest absolute Gasteiger partial charge is 0.341 e. The van der Waals surface area contributed by atoms with E-state index in [1.165, 1.54) is 11.3 Å². The summed E-state index contributed by atoms with van der Waals surface area (Å²) in [5.41, 5.74) is 1.42. The molecule has 2 N–H and O–H groups in total. The van der Waals surface area contributed by atoms with Crippen LogP contribution in [-0.4, -0.2) is 50.1 Å². The van der Waals surface area contributed by atoms with Crippen molar-refractivity contribution < 1.29 is 19.1 Å². The second-order valence-corrected chi connectivity index (χ2v) is 10.1. The summed E-state index contributed by atoms with van der Waals surface area (Å²) in [7, 11) is 3.38. The Morgan fingerprint density at radius 1 is 1.34 bits per heavy atom. The quantitative estimate of drug-likeness (QED) is 0.452. The van der Waals surface area contributed by atoms with Crippen molar-refractivity contribution in [1.29, 1.82) is 0 Å². The molecule has 2 aliphatic rings. The number of ether oxygens (including phenoxy) is 2. The summed E-state index contributed by atoms with van der Waals surface area (Å²) in [6.07, 6.45) is 4.82. The third-order valence-electron chi connectivity index (χ3n) is 6.67. The van der Waals surface area contributed by atoms with Crippen molar-refractivity contribution in [3.63, 3.8) is 0 Å². The van der Waals surface area contributed by atoms with Crippen LogP contribution >= 0.6 is 11.3 Å². The summed E-state index contributed by atoms with van der Waals surface area (Å²) in [6.45, 7) is 4.12. The third-order valence-corrected chi connectivity index (χ3v) is 7.88. The molecule has 12 heteroatoms. The normalized spacial score (nSPS) is 20.7. The molecule has 0 aromatic carbocycles. The number of methoxy groups -OCH3 is 1. The number of fused-ring (bicyclic) bond motifs is 1. The Labute approximate surface area is 206 Å². The van der Waals surface area contributed by atoms with Gasteiger partial charge in [-0.25, -0.2) is 9.48 Å². The number of rotatable bonds is 8. The fourth-order valence-electron chi connectivity index (χ4n) is 4.57. The molecule has 0 spiro atoms. The maximum atomic E-state index is 13.0. The highest BCUT2D eigenvalue weighted by molar-refractivity contribution is 7.17. The van der Waals surface area contributed by atoms with Gasteiger partial charge in [0.05, 0.1) is 19.3 Å². The van der Waals surface area contributed by atoms with E-state index in [4.69, 9.17) is 9.47 Å². The van der Waals surface area contributed by atoms with Crippen LogP contribution in [0, 0.1) is 11.8 Å². The first-order chi connectivity index (χ1) is 16.9. The molecular formula is C23H29N7O4S. The predicted molar refractivity (Wildman–Crippen MR) is 130 cm³/mol. The van der Waals surface area contributed by atoms with Crippen molar-refractivity contribution in [2.45, 2.75) is 45.6 Å². The summed E-state index contributed by atoms with van der Waals surface area (Å²) >= 11 is 1.49. The van der Waals surface area contributed by atoms with E-state index in [0.717, 1.165) is 35.5 Å². The molecule has 0 saturated heterocycles. The van der Waals surface area contributed by atoms with Gasteiger partial charge in [-0.1, -0.05) is 6.92 Å². The maximum absolute atomic E-state index is 13.0. The molecule has 0 aliphatic heterocycles. The highest BCUT2D eigenvalue weighted by Crippen LogP contribution is 2.44. The summed E-state index contributed by atoms with van der Waals surface area (Å²) in [5.74, 6) is 1.79.